The second-order valence-electron chi connectivity index (χ2n) is 2.44. The van der Waals surface area contributed by atoms with Crippen LogP contribution in [0.4, 0.5) is 4.39 Å². The van der Waals surface area contributed by atoms with E-state index in [1.54, 1.807) is 6.07 Å². The first-order valence-corrected chi connectivity index (χ1v) is 4.18. The Morgan fingerprint density at radius 1 is 1.39 bits per heavy atom. The van der Waals surface area contributed by atoms with Crippen LogP contribution in [0.25, 0.3) is 0 Å². The van der Waals surface area contributed by atoms with Crippen molar-refractivity contribution in [2.75, 3.05) is 6.86 Å². The van der Waals surface area contributed by atoms with Gasteiger partial charge >= 0.3 is 32.2 Å². The van der Waals surface area contributed by atoms with Crippen molar-refractivity contribution in [3.05, 3.63) is 29.8 Å². The average Bonchev–Trinajstić information content (AvgIpc) is 2.25. The molecular weight excluding hydrogens is 245 g/mol. The van der Waals surface area contributed by atoms with Gasteiger partial charge in [0.25, 0.3) is 0 Å². The summed E-state index contributed by atoms with van der Waals surface area (Å²) in [7, 11) is -2.42. The number of benzene rings is 1. The fourth-order valence-corrected chi connectivity index (χ4v) is 0.802. The molecule has 0 aromatic heterocycles. The van der Waals surface area contributed by atoms with Crippen molar-refractivity contribution in [1.82, 2.24) is 0 Å². The number of hydrogen-bond donors (Lipinski definition) is 3. The Labute approximate surface area is 114 Å². The van der Waals surface area contributed by atoms with Crippen molar-refractivity contribution in [1.29, 1.82) is 0 Å². The first kappa shape index (κ1) is 19.3. The number of carboxylic acid groups (broad SMARTS) is 1. The molecule has 0 unspecified atom stereocenters. The van der Waals surface area contributed by atoms with Crippen LogP contribution in [0.1, 0.15) is 10.4 Å². The molecule has 18 heavy (non-hydrogen) atoms. The summed E-state index contributed by atoms with van der Waals surface area (Å²) in [6, 6.07) is 5.80. The Morgan fingerprint density at radius 3 is 2.33 bits per heavy atom. The molecule has 0 atom stereocenters. The van der Waals surface area contributed by atoms with Crippen LogP contribution in [0, 0.1) is 0 Å². The standard InChI is InChI=1S/C8H7FO4.BH2O3.Li/c9-5-12-13-7-4-2-1-3-6(7)8(10)11;2-1(3)4;/h1-4H,5H2,(H,10,11);2-3H;/q;-1;+1. The van der Waals surface area contributed by atoms with E-state index in [2.05, 4.69) is 9.78 Å². The molecule has 0 saturated carbocycles. The topological polar surface area (TPSA) is 119 Å². The second-order valence-corrected chi connectivity index (χ2v) is 2.44. The van der Waals surface area contributed by atoms with E-state index in [4.69, 9.17) is 20.2 Å². The summed E-state index contributed by atoms with van der Waals surface area (Å²) in [5, 5.41) is 31.4. The number of halogens is 1. The smallest absolute Gasteiger partial charge is 0.832 e. The van der Waals surface area contributed by atoms with Crippen LogP contribution in [0.3, 0.4) is 0 Å². The molecule has 94 valence electrons. The summed E-state index contributed by atoms with van der Waals surface area (Å²) in [4.78, 5) is 18.9. The van der Waals surface area contributed by atoms with Crippen LogP contribution in [-0.4, -0.2) is 35.3 Å². The van der Waals surface area contributed by atoms with E-state index in [9.17, 15) is 9.18 Å². The van der Waals surface area contributed by atoms with Gasteiger partial charge in [0.15, 0.2) is 5.75 Å². The summed E-state index contributed by atoms with van der Waals surface area (Å²) >= 11 is 0. The van der Waals surface area contributed by atoms with E-state index in [-0.39, 0.29) is 30.2 Å². The van der Waals surface area contributed by atoms with Crippen LogP contribution in [-0.2, 0) is 4.89 Å². The molecule has 1 aromatic rings. The minimum atomic E-state index is -2.42. The third-order valence-corrected chi connectivity index (χ3v) is 1.31. The van der Waals surface area contributed by atoms with Crippen molar-refractivity contribution < 1.29 is 58.0 Å². The number of rotatable bonds is 4. The van der Waals surface area contributed by atoms with Gasteiger partial charge in [-0.25, -0.2) is 9.18 Å². The molecule has 0 aliphatic heterocycles. The summed E-state index contributed by atoms with van der Waals surface area (Å²) < 4.78 is 11.5. The van der Waals surface area contributed by atoms with Gasteiger partial charge in [0, 0.05) is 0 Å². The molecule has 0 bridgehead atoms. The number of carboxylic acids is 1. The van der Waals surface area contributed by atoms with Crippen molar-refractivity contribution in [3.8, 4) is 5.75 Å². The number of para-hydroxylation sites is 1. The third kappa shape index (κ3) is 9.00. The largest absolute Gasteiger partial charge is 1.00 e. The SMILES string of the molecule is O=C(O)c1ccccc1OOCF.[Li+].[O-]B(O)O. The number of aromatic carboxylic acids is 1. The molecular formula is C8H9BFLiO7. The number of hydrogen-bond acceptors (Lipinski definition) is 6. The minimum absolute atomic E-state index is 0. The van der Waals surface area contributed by atoms with Gasteiger partial charge in [0.05, 0.1) is 0 Å². The maximum Gasteiger partial charge on any atom is 1.00 e. The van der Waals surface area contributed by atoms with Gasteiger partial charge in [-0.2, -0.15) is 4.89 Å². The third-order valence-electron chi connectivity index (χ3n) is 1.31. The van der Waals surface area contributed by atoms with Crippen molar-refractivity contribution >= 4 is 13.3 Å². The Balaban J connectivity index is 0. The van der Waals surface area contributed by atoms with Gasteiger partial charge in [-0.3, -0.25) is 0 Å². The average molecular weight is 254 g/mol. The minimum Gasteiger partial charge on any atom is -0.832 e. The molecule has 0 radical (unpaired) electrons. The van der Waals surface area contributed by atoms with Gasteiger partial charge in [-0.1, -0.05) is 12.1 Å². The van der Waals surface area contributed by atoms with E-state index < -0.39 is 20.2 Å². The molecule has 0 amide bonds. The zero-order chi connectivity index (χ0) is 13.3. The molecule has 0 aliphatic rings. The molecule has 1 aromatic carbocycles. The van der Waals surface area contributed by atoms with Crippen molar-refractivity contribution in [2.45, 2.75) is 0 Å². The molecule has 0 spiro atoms. The Morgan fingerprint density at radius 2 is 1.89 bits per heavy atom. The Bertz CT molecular complexity index is 349. The zero-order valence-electron chi connectivity index (χ0n) is 9.45. The molecule has 0 heterocycles. The molecule has 3 N–H and O–H groups in total. The van der Waals surface area contributed by atoms with Crippen LogP contribution in [0.2, 0.25) is 0 Å². The normalized spacial score (nSPS) is 8.44. The molecule has 10 heteroatoms. The molecule has 1 rings (SSSR count). The molecule has 0 aliphatic carbocycles. The summed E-state index contributed by atoms with van der Waals surface area (Å²) in [6.45, 7) is -1.13. The van der Waals surface area contributed by atoms with Gasteiger partial charge in [-0.05, 0) is 12.1 Å². The van der Waals surface area contributed by atoms with E-state index in [0.717, 1.165) is 0 Å². The quantitative estimate of drug-likeness (QED) is 0.284. The van der Waals surface area contributed by atoms with Gasteiger partial charge < -0.3 is 25.1 Å². The van der Waals surface area contributed by atoms with Crippen LogP contribution in [0.15, 0.2) is 24.3 Å². The van der Waals surface area contributed by atoms with Crippen molar-refractivity contribution in [2.24, 2.45) is 0 Å². The predicted molar refractivity (Wildman–Crippen MR) is 51.3 cm³/mol. The van der Waals surface area contributed by atoms with E-state index in [0.29, 0.717) is 0 Å². The Kier molecular flexibility index (Phi) is 11.8. The zero-order valence-corrected chi connectivity index (χ0v) is 9.45. The van der Waals surface area contributed by atoms with Gasteiger partial charge in [0.1, 0.15) is 5.56 Å². The van der Waals surface area contributed by atoms with Crippen LogP contribution >= 0.6 is 0 Å². The van der Waals surface area contributed by atoms with Gasteiger partial charge in [0.2, 0.25) is 6.86 Å². The van der Waals surface area contributed by atoms with Crippen LogP contribution < -0.4 is 28.8 Å². The number of alkyl halides is 1. The Hall–Kier alpha value is -1.08. The number of carbonyl (C=O) groups is 1. The first-order valence-electron chi connectivity index (χ1n) is 4.18. The van der Waals surface area contributed by atoms with E-state index in [1.165, 1.54) is 18.2 Å². The summed E-state index contributed by atoms with van der Waals surface area (Å²) in [5.74, 6) is -1.18. The predicted octanol–water partition coefficient (Wildman–Crippen LogP) is -4.06. The molecule has 0 fully saturated rings. The van der Waals surface area contributed by atoms with Gasteiger partial charge in [-0.15, -0.1) is 0 Å². The second kappa shape index (κ2) is 11.0. The fourth-order valence-electron chi connectivity index (χ4n) is 0.802. The first-order chi connectivity index (χ1) is 7.99. The monoisotopic (exact) mass is 254 g/mol. The van der Waals surface area contributed by atoms with E-state index >= 15 is 0 Å². The fraction of sp³-hybridized carbons (Fsp3) is 0.125. The molecule has 7 nitrogen and oxygen atoms in total. The summed E-state index contributed by atoms with van der Waals surface area (Å²) in [6.07, 6.45) is 0. The van der Waals surface area contributed by atoms with Crippen molar-refractivity contribution in [3.63, 3.8) is 0 Å². The maximum absolute atomic E-state index is 11.5. The van der Waals surface area contributed by atoms with Crippen LogP contribution in [0.5, 0.6) is 5.75 Å². The van der Waals surface area contributed by atoms with E-state index in [1.807, 2.05) is 0 Å². The maximum atomic E-state index is 11.5. The summed E-state index contributed by atoms with van der Waals surface area (Å²) in [5.41, 5.74) is -0.0732. The molecule has 0 saturated heterocycles.